The van der Waals surface area contributed by atoms with Crippen LogP contribution in [0.15, 0.2) is 4.47 Å². The molecule has 0 amide bonds. The number of halogens is 1. The van der Waals surface area contributed by atoms with Gasteiger partial charge in [0.05, 0.1) is 34.6 Å². The van der Waals surface area contributed by atoms with Gasteiger partial charge in [0.25, 0.3) is 0 Å². The van der Waals surface area contributed by atoms with E-state index in [4.69, 9.17) is 10.6 Å². The molecule has 0 bridgehead atoms. The normalized spacial score (nSPS) is 21.7. The minimum atomic E-state index is 0.0794. The Morgan fingerprint density at radius 3 is 2.86 bits per heavy atom. The van der Waals surface area contributed by atoms with Crippen molar-refractivity contribution in [1.29, 1.82) is 0 Å². The van der Waals surface area contributed by atoms with Crippen LogP contribution < -0.4 is 11.3 Å². The monoisotopic (exact) mass is 359 g/mol. The van der Waals surface area contributed by atoms with E-state index in [9.17, 15) is 0 Å². The molecule has 1 aromatic heterocycles. The summed E-state index contributed by atoms with van der Waals surface area (Å²) in [5, 5.41) is 4.64. The molecule has 6 nitrogen and oxygen atoms in total. The van der Waals surface area contributed by atoms with Gasteiger partial charge >= 0.3 is 0 Å². The number of nitrogens with one attached hydrogen (secondary N) is 1. The van der Waals surface area contributed by atoms with E-state index in [0.29, 0.717) is 0 Å². The van der Waals surface area contributed by atoms with Crippen molar-refractivity contribution in [3.63, 3.8) is 0 Å². The first-order valence-electron chi connectivity index (χ1n) is 7.60. The number of hydrazine groups is 1. The number of morpholine rings is 1. The second kappa shape index (κ2) is 7.69. The van der Waals surface area contributed by atoms with Gasteiger partial charge in [-0.25, -0.2) is 0 Å². The van der Waals surface area contributed by atoms with Gasteiger partial charge in [-0.3, -0.25) is 16.0 Å². The summed E-state index contributed by atoms with van der Waals surface area (Å²) in [5.74, 6) is 5.78. The molecule has 3 N–H and O–H groups in total. The van der Waals surface area contributed by atoms with Crippen molar-refractivity contribution in [1.82, 2.24) is 20.1 Å². The van der Waals surface area contributed by atoms with E-state index < -0.39 is 0 Å². The molecule has 1 saturated heterocycles. The van der Waals surface area contributed by atoms with Gasteiger partial charge in [0.1, 0.15) is 0 Å². The Morgan fingerprint density at radius 2 is 2.29 bits per heavy atom. The summed E-state index contributed by atoms with van der Waals surface area (Å²) in [5.41, 5.74) is 5.22. The molecule has 120 valence electrons. The van der Waals surface area contributed by atoms with Gasteiger partial charge in [-0.05, 0) is 36.3 Å². The maximum atomic E-state index is 5.89. The molecule has 1 aliphatic rings. The second-order valence-corrected chi connectivity index (χ2v) is 6.32. The van der Waals surface area contributed by atoms with Gasteiger partial charge in [-0.2, -0.15) is 5.10 Å². The highest BCUT2D eigenvalue weighted by atomic mass is 79.9. The number of aryl methyl sites for hydroxylation is 2. The molecule has 0 spiro atoms. The zero-order valence-corrected chi connectivity index (χ0v) is 14.7. The van der Waals surface area contributed by atoms with E-state index in [1.54, 1.807) is 0 Å². The summed E-state index contributed by atoms with van der Waals surface area (Å²) >= 11 is 3.69. The zero-order chi connectivity index (χ0) is 15.4. The highest BCUT2D eigenvalue weighted by molar-refractivity contribution is 9.10. The first-order chi connectivity index (χ1) is 10.1. The number of hydrogen-bond donors (Lipinski definition) is 2. The Kier molecular flexibility index (Phi) is 6.19. The Balaban J connectivity index is 2.16. The third kappa shape index (κ3) is 3.84. The number of nitrogens with two attached hydrogens (primary N) is 1. The third-order valence-electron chi connectivity index (χ3n) is 4.07. The van der Waals surface area contributed by atoms with Crippen molar-refractivity contribution in [2.24, 2.45) is 5.84 Å². The van der Waals surface area contributed by atoms with Crippen LogP contribution in [-0.4, -0.2) is 53.6 Å². The van der Waals surface area contributed by atoms with E-state index in [0.717, 1.165) is 49.2 Å². The Morgan fingerprint density at radius 1 is 1.52 bits per heavy atom. The molecule has 2 rings (SSSR count). The predicted octanol–water partition coefficient (Wildman–Crippen LogP) is 0.933. The van der Waals surface area contributed by atoms with Gasteiger partial charge in [0, 0.05) is 26.1 Å². The first-order valence-corrected chi connectivity index (χ1v) is 8.40. The van der Waals surface area contributed by atoms with Gasteiger partial charge in [0.15, 0.2) is 0 Å². The van der Waals surface area contributed by atoms with Crippen molar-refractivity contribution in [2.75, 3.05) is 26.7 Å². The summed E-state index contributed by atoms with van der Waals surface area (Å²) in [6.45, 7) is 7.72. The van der Waals surface area contributed by atoms with Gasteiger partial charge < -0.3 is 9.64 Å². The number of rotatable bonds is 6. The van der Waals surface area contributed by atoms with Gasteiger partial charge in [-0.15, -0.1) is 0 Å². The molecule has 2 unspecified atom stereocenters. The summed E-state index contributed by atoms with van der Waals surface area (Å²) in [6.07, 6.45) is 1.83. The van der Waals surface area contributed by atoms with Crippen molar-refractivity contribution >= 4 is 15.9 Å². The molecule has 0 radical (unpaired) electrons. The molecule has 0 aromatic carbocycles. The minimum Gasteiger partial charge on any atom is -0.374 e. The number of likely N-dealkylation sites (N-methyl/N-ethyl adjacent to an activating group) is 1. The second-order valence-electron chi connectivity index (χ2n) is 5.53. The average Bonchev–Trinajstić information content (AvgIpc) is 2.80. The fourth-order valence-electron chi connectivity index (χ4n) is 2.77. The standard InChI is InChI=1S/C14H26BrN5O/c1-4-10-14(15)12(20(5-2)18-10)8-11(17-16)13-9-19(3)6-7-21-13/h11,13,17H,4-9,16H2,1-3H3. The van der Waals surface area contributed by atoms with Crippen molar-refractivity contribution in [3.8, 4) is 0 Å². The molecule has 2 heterocycles. The SMILES string of the molecule is CCc1nn(CC)c(CC(NN)C2CN(C)CCO2)c1Br. The van der Waals surface area contributed by atoms with Crippen molar-refractivity contribution in [2.45, 2.75) is 45.4 Å². The maximum absolute atomic E-state index is 5.89. The molecular formula is C14H26BrN5O. The molecule has 2 atom stereocenters. The topological polar surface area (TPSA) is 68.3 Å². The Bertz CT molecular complexity index is 464. The number of hydrogen-bond acceptors (Lipinski definition) is 5. The lowest BCUT2D eigenvalue weighted by atomic mass is 10.0. The maximum Gasteiger partial charge on any atom is 0.0872 e. The number of ether oxygens (including phenoxy) is 1. The average molecular weight is 360 g/mol. The predicted molar refractivity (Wildman–Crippen MR) is 87.0 cm³/mol. The Labute approximate surface area is 135 Å². The van der Waals surface area contributed by atoms with Crippen LogP contribution in [0.4, 0.5) is 0 Å². The smallest absolute Gasteiger partial charge is 0.0872 e. The lowest BCUT2D eigenvalue weighted by molar-refractivity contribution is -0.0387. The highest BCUT2D eigenvalue weighted by Crippen LogP contribution is 2.24. The van der Waals surface area contributed by atoms with Crippen molar-refractivity contribution in [3.05, 3.63) is 15.9 Å². The molecule has 0 aliphatic carbocycles. The van der Waals surface area contributed by atoms with E-state index >= 15 is 0 Å². The molecule has 0 saturated carbocycles. The number of nitrogens with zero attached hydrogens (tertiary/aromatic N) is 3. The molecule has 21 heavy (non-hydrogen) atoms. The van der Waals surface area contributed by atoms with Crippen LogP contribution in [0.2, 0.25) is 0 Å². The highest BCUT2D eigenvalue weighted by Gasteiger charge is 2.28. The van der Waals surface area contributed by atoms with Crippen LogP contribution in [0.3, 0.4) is 0 Å². The molecule has 7 heteroatoms. The minimum absolute atomic E-state index is 0.0794. The van der Waals surface area contributed by atoms with Crippen LogP contribution >= 0.6 is 15.9 Å². The van der Waals surface area contributed by atoms with Crippen LogP contribution in [0, 0.1) is 0 Å². The van der Waals surface area contributed by atoms with E-state index in [2.05, 4.69) is 56.9 Å². The largest absolute Gasteiger partial charge is 0.374 e. The lowest BCUT2D eigenvalue weighted by Gasteiger charge is -2.35. The number of aromatic nitrogens is 2. The van der Waals surface area contributed by atoms with Crippen LogP contribution in [0.25, 0.3) is 0 Å². The first kappa shape index (κ1) is 16.9. The van der Waals surface area contributed by atoms with E-state index in [1.807, 2.05) is 0 Å². The third-order valence-corrected chi connectivity index (χ3v) is 4.98. The molecular weight excluding hydrogens is 334 g/mol. The quantitative estimate of drug-likeness (QED) is 0.584. The van der Waals surface area contributed by atoms with E-state index in [-0.39, 0.29) is 12.1 Å². The Hall–Kier alpha value is -0.470. The van der Waals surface area contributed by atoms with Crippen LogP contribution in [-0.2, 0) is 24.1 Å². The summed E-state index contributed by atoms with van der Waals surface area (Å²) < 4.78 is 9.05. The fraction of sp³-hybridized carbons (Fsp3) is 0.786. The zero-order valence-electron chi connectivity index (χ0n) is 13.1. The van der Waals surface area contributed by atoms with E-state index in [1.165, 1.54) is 5.69 Å². The summed E-state index contributed by atoms with van der Waals surface area (Å²) in [6, 6.07) is 0.0794. The lowest BCUT2D eigenvalue weighted by Crippen LogP contribution is -2.54. The van der Waals surface area contributed by atoms with Crippen LogP contribution in [0.5, 0.6) is 0 Å². The summed E-state index contributed by atoms with van der Waals surface area (Å²) in [7, 11) is 2.12. The molecule has 1 fully saturated rings. The molecule has 1 aliphatic heterocycles. The summed E-state index contributed by atoms with van der Waals surface area (Å²) in [4.78, 5) is 2.28. The van der Waals surface area contributed by atoms with Crippen molar-refractivity contribution < 1.29 is 4.74 Å². The van der Waals surface area contributed by atoms with Gasteiger partial charge in [-0.1, -0.05) is 6.92 Å². The fourth-order valence-corrected chi connectivity index (χ4v) is 3.50. The van der Waals surface area contributed by atoms with Gasteiger partial charge in [0.2, 0.25) is 0 Å². The van der Waals surface area contributed by atoms with Crippen LogP contribution in [0.1, 0.15) is 25.2 Å². The molecule has 1 aromatic rings.